The molecule has 132 valence electrons. The first-order chi connectivity index (χ1) is 12.2. The Morgan fingerprint density at radius 1 is 1.16 bits per heavy atom. The zero-order valence-corrected chi connectivity index (χ0v) is 14.3. The van der Waals surface area contributed by atoms with E-state index in [1.807, 2.05) is 27.8 Å². The molecule has 2 aromatic rings. The van der Waals surface area contributed by atoms with E-state index in [1.54, 1.807) is 18.7 Å². The maximum Gasteiger partial charge on any atom is 0.272 e. The molecule has 0 spiro atoms. The van der Waals surface area contributed by atoms with Crippen molar-refractivity contribution < 1.29 is 9.90 Å². The number of imidazole rings is 1. The minimum Gasteiger partial charge on any atom is -0.393 e. The molecule has 1 amide bonds. The van der Waals surface area contributed by atoms with Crippen LogP contribution < -0.4 is 0 Å². The summed E-state index contributed by atoms with van der Waals surface area (Å²) >= 11 is 0. The minimum atomic E-state index is -0.280. The standard InChI is InChI=1S/C19H24N4O2/c24-18-6-2-1-4-15(18)17-5-3-10-23(17)19(25)16-12-14(7-8-21-16)22-11-9-20-13-22/h7-9,11-13,15,17-18,24H,1-6,10H2/t15-,17+,18+/m0/s1. The van der Waals surface area contributed by atoms with Gasteiger partial charge in [0.1, 0.15) is 5.69 Å². The Hall–Kier alpha value is -2.21. The molecule has 6 nitrogen and oxygen atoms in total. The molecule has 0 radical (unpaired) electrons. The smallest absolute Gasteiger partial charge is 0.272 e. The Morgan fingerprint density at radius 2 is 2.04 bits per heavy atom. The van der Waals surface area contributed by atoms with Crippen molar-refractivity contribution in [2.24, 2.45) is 5.92 Å². The predicted octanol–water partition coefficient (Wildman–Crippen LogP) is 2.42. The molecule has 1 saturated heterocycles. The van der Waals surface area contributed by atoms with Gasteiger partial charge in [0.05, 0.1) is 18.1 Å². The monoisotopic (exact) mass is 340 g/mol. The molecule has 3 atom stereocenters. The number of amides is 1. The molecular weight excluding hydrogens is 316 g/mol. The quantitative estimate of drug-likeness (QED) is 0.931. The Morgan fingerprint density at radius 3 is 2.84 bits per heavy atom. The van der Waals surface area contributed by atoms with Crippen LogP contribution in [0.1, 0.15) is 49.0 Å². The van der Waals surface area contributed by atoms with Crippen molar-refractivity contribution in [1.82, 2.24) is 19.4 Å². The maximum absolute atomic E-state index is 13.1. The van der Waals surface area contributed by atoms with Crippen molar-refractivity contribution in [2.45, 2.75) is 50.7 Å². The minimum absolute atomic E-state index is 0.0257. The van der Waals surface area contributed by atoms with Crippen LogP contribution in [0.2, 0.25) is 0 Å². The Balaban J connectivity index is 1.56. The highest BCUT2D eigenvalue weighted by Crippen LogP contribution is 2.35. The van der Waals surface area contributed by atoms with Gasteiger partial charge in [0.15, 0.2) is 0 Å². The van der Waals surface area contributed by atoms with Crippen molar-refractivity contribution in [3.8, 4) is 5.69 Å². The summed E-state index contributed by atoms with van der Waals surface area (Å²) in [5.41, 5.74) is 1.34. The highest BCUT2D eigenvalue weighted by Gasteiger charge is 2.39. The fraction of sp³-hybridized carbons (Fsp3) is 0.526. The summed E-state index contributed by atoms with van der Waals surface area (Å²) in [6.45, 7) is 0.754. The molecule has 2 fully saturated rings. The first-order valence-corrected chi connectivity index (χ1v) is 9.17. The fourth-order valence-corrected chi connectivity index (χ4v) is 4.33. The summed E-state index contributed by atoms with van der Waals surface area (Å²) in [5, 5.41) is 10.4. The first kappa shape index (κ1) is 16.3. The van der Waals surface area contributed by atoms with E-state index in [-0.39, 0.29) is 24.0 Å². The molecule has 3 heterocycles. The topological polar surface area (TPSA) is 71.2 Å². The second kappa shape index (κ2) is 6.96. The van der Waals surface area contributed by atoms with Crippen molar-refractivity contribution >= 4 is 5.91 Å². The molecule has 1 aliphatic heterocycles. The highest BCUT2D eigenvalue weighted by atomic mass is 16.3. The van der Waals surface area contributed by atoms with Crippen LogP contribution in [0.25, 0.3) is 5.69 Å². The van der Waals surface area contributed by atoms with Gasteiger partial charge in [0, 0.05) is 37.1 Å². The molecular formula is C19H24N4O2. The summed E-state index contributed by atoms with van der Waals surface area (Å²) in [6, 6.07) is 3.82. The number of aliphatic hydroxyl groups is 1. The van der Waals surface area contributed by atoms with Gasteiger partial charge in [0.2, 0.25) is 0 Å². The van der Waals surface area contributed by atoms with E-state index < -0.39 is 0 Å². The van der Waals surface area contributed by atoms with Crippen molar-refractivity contribution in [2.75, 3.05) is 6.54 Å². The molecule has 2 aromatic heterocycles. The Kier molecular flexibility index (Phi) is 4.53. The average molecular weight is 340 g/mol. The van der Waals surface area contributed by atoms with E-state index in [0.29, 0.717) is 5.69 Å². The lowest BCUT2D eigenvalue weighted by Crippen LogP contribution is -2.45. The molecule has 6 heteroatoms. The van der Waals surface area contributed by atoms with E-state index in [2.05, 4.69) is 9.97 Å². The molecule has 4 rings (SSSR count). The highest BCUT2D eigenvalue weighted by molar-refractivity contribution is 5.93. The van der Waals surface area contributed by atoms with Crippen LogP contribution in [0, 0.1) is 5.92 Å². The van der Waals surface area contributed by atoms with E-state index in [9.17, 15) is 9.90 Å². The van der Waals surface area contributed by atoms with Crippen molar-refractivity contribution in [3.63, 3.8) is 0 Å². The zero-order chi connectivity index (χ0) is 17.2. The van der Waals surface area contributed by atoms with Crippen LogP contribution in [-0.4, -0.2) is 49.1 Å². The molecule has 0 aromatic carbocycles. The van der Waals surface area contributed by atoms with Gasteiger partial charge in [-0.1, -0.05) is 12.8 Å². The van der Waals surface area contributed by atoms with Crippen LogP contribution in [0.5, 0.6) is 0 Å². The molecule has 1 aliphatic carbocycles. The molecule has 0 unspecified atom stereocenters. The molecule has 1 N–H and O–H groups in total. The van der Waals surface area contributed by atoms with Crippen LogP contribution in [0.4, 0.5) is 0 Å². The molecule has 0 bridgehead atoms. The lowest BCUT2D eigenvalue weighted by Gasteiger charge is -2.37. The summed E-state index contributed by atoms with van der Waals surface area (Å²) < 4.78 is 1.87. The zero-order valence-electron chi connectivity index (χ0n) is 14.3. The van der Waals surface area contributed by atoms with Gasteiger partial charge in [-0.2, -0.15) is 0 Å². The summed E-state index contributed by atoms with van der Waals surface area (Å²) in [7, 11) is 0. The Bertz CT molecular complexity index is 731. The van der Waals surface area contributed by atoms with E-state index >= 15 is 0 Å². The SMILES string of the molecule is O=C(c1cc(-n2ccnc2)ccn1)N1CCC[C@@H]1[C@@H]1CCCC[C@H]1O. The lowest BCUT2D eigenvalue weighted by atomic mass is 9.80. The third-order valence-corrected chi connectivity index (χ3v) is 5.60. The number of likely N-dealkylation sites (tertiary alicyclic amines) is 1. The van der Waals surface area contributed by atoms with Crippen molar-refractivity contribution in [3.05, 3.63) is 42.7 Å². The summed E-state index contributed by atoms with van der Waals surface area (Å²) in [5.74, 6) is 0.180. The molecule has 2 aliphatic rings. The van der Waals surface area contributed by atoms with Crippen LogP contribution in [-0.2, 0) is 0 Å². The number of carbonyl (C=O) groups is 1. The number of carbonyl (C=O) groups excluding carboxylic acids is 1. The number of hydrogen-bond donors (Lipinski definition) is 1. The second-order valence-corrected chi connectivity index (χ2v) is 7.09. The number of pyridine rings is 1. The Labute approximate surface area is 147 Å². The fourth-order valence-electron chi connectivity index (χ4n) is 4.33. The van der Waals surface area contributed by atoms with Gasteiger partial charge >= 0.3 is 0 Å². The van der Waals surface area contributed by atoms with E-state index in [0.717, 1.165) is 50.8 Å². The van der Waals surface area contributed by atoms with E-state index in [1.165, 1.54) is 0 Å². The van der Waals surface area contributed by atoms with E-state index in [4.69, 9.17) is 0 Å². The van der Waals surface area contributed by atoms with Crippen LogP contribution in [0.3, 0.4) is 0 Å². The maximum atomic E-state index is 13.1. The van der Waals surface area contributed by atoms with Gasteiger partial charge < -0.3 is 14.6 Å². The van der Waals surface area contributed by atoms with Gasteiger partial charge in [-0.15, -0.1) is 0 Å². The molecule has 25 heavy (non-hydrogen) atoms. The first-order valence-electron chi connectivity index (χ1n) is 9.17. The van der Waals surface area contributed by atoms with Gasteiger partial charge in [0.25, 0.3) is 5.91 Å². The van der Waals surface area contributed by atoms with Crippen molar-refractivity contribution in [1.29, 1.82) is 0 Å². The predicted molar refractivity (Wildman–Crippen MR) is 93.4 cm³/mol. The molecule has 1 saturated carbocycles. The number of nitrogens with zero attached hydrogens (tertiary/aromatic N) is 4. The number of aromatic nitrogens is 3. The third kappa shape index (κ3) is 3.18. The second-order valence-electron chi connectivity index (χ2n) is 7.09. The third-order valence-electron chi connectivity index (χ3n) is 5.60. The van der Waals surface area contributed by atoms with Crippen LogP contribution >= 0.6 is 0 Å². The largest absolute Gasteiger partial charge is 0.393 e. The van der Waals surface area contributed by atoms with Crippen LogP contribution in [0.15, 0.2) is 37.1 Å². The normalized spacial score (nSPS) is 26.8. The average Bonchev–Trinajstić information content (AvgIpc) is 3.33. The van der Waals surface area contributed by atoms with Gasteiger partial charge in [-0.05, 0) is 37.8 Å². The number of rotatable bonds is 3. The van der Waals surface area contributed by atoms with Gasteiger partial charge in [-0.25, -0.2) is 4.98 Å². The summed E-state index contributed by atoms with van der Waals surface area (Å²) in [6.07, 6.45) is 12.7. The number of hydrogen-bond acceptors (Lipinski definition) is 4. The lowest BCUT2D eigenvalue weighted by molar-refractivity contribution is 0.0209. The number of aliphatic hydroxyl groups excluding tert-OH is 1. The summed E-state index contributed by atoms with van der Waals surface area (Å²) in [4.78, 5) is 23.4. The van der Waals surface area contributed by atoms with Gasteiger partial charge in [-0.3, -0.25) is 9.78 Å².